The van der Waals surface area contributed by atoms with Crippen molar-refractivity contribution in [3.05, 3.63) is 30.0 Å². The largest absolute Gasteiger partial charge is 0.345 e. The lowest BCUT2D eigenvalue weighted by Crippen LogP contribution is -2.37. The minimum absolute atomic E-state index is 0.222. The topological polar surface area (TPSA) is 210 Å². The van der Waals surface area contributed by atoms with Crippen molar-refractivity contribution in [2.45, 2.75) is 62.1 Å². The first-order valence-electron chi connectivity index (χ1n) is 15.4. The zero-order valence-corrected chi connectivity index (χ0v) is 28.1. The van der Waals surface area contributed by atoms with Crippen LogP contribution in [0.15, 0.2) is 18.6 Å². The number of hydrogen-bond donors (Lipinski definition) is 3. The van der Waals surface area contributed by atoms with E-state index in [4.69, 9.17) is 56.6 Å². The summed E-state index contributed by atoms with van der Waals surface area (Å²) < 4.78 is 82.9. The quantitative estimate of drug-likeness (QED) is 0.197. The van der Waals surface area contributed by atoms with E-state index in [0.29, 0.717) is 46.5 Å². The summed E-state index contributed by atoms with van der Waals surface area (Å²) in [6.45, 7) is -5.06. The van der Waals surface area contributed by atoms with Crippen LogP contribution in [0.1, 0.15) is 23.8 Å². The van der Waals surface area contributed by atoms with Crippen LogP contribution < -0.4 is 11.0 Å². The van der Waals surface area contributed by atoms with Gasteiger partial charge >= 0.3 is 6.72 Å². The van der Waals surface area contributed by atoms with E-state index in [1.807, 2.05) is 0 Å². The standard InChI is InChI=1S/C25H26BF2N9O10P2S/c26-48(38)42-7-13-20(18(28)25(44-13)37-23-16-11(33-37)3-6-41-35-21(16)30-9-31-23)47-49(39,50)43-8-14-19(46-48)17(27)24(45-14)36-22-15-10(32-36)2-5-40-34-12(15)1-4-29-22/h1,4,9,13-14,17-20,24-25,34H,2-3,5-8H2,(H,39,50)(H,30,31,35)/t13-,14-,17+,18?,19?,20+,24-,25-,48?,49?/m1/s1. The number of ether oxygens (including phenoxy) is 2. The Balaban J connectivity index is 1.00. The van der Waals surface area contributed by atoms with Crippen LogP contribution in [0.3, 0.4) is 0 Å². The number of hydrogen-bond acceptors (Lipinski definition) is 17. The summed E-state index contributed by atoms with van der Waals surface area (Å²) in [5.41, 5.74) is 7.70. The van der Waals surface area contributed by atoms with Gasteiger partial charge in [0.1, 0.15) is 30.7 Å². The van der Waals surface area contributed by atoms with Crippen LogP contribution in [0.4, 0.5) is 20.3 Å². The van der Waals surface area contributed by atoms with Crippen molar-refractivity contribution < 1.29 is 55.5 Å². The number of fused-ring (bicyclic) bond motifs is 2. The van der Waals surface area contributed by atoms with Gasteiger partial charge in [-0.1, -0.05) is 0 Å². The molecular weight excluding hydrogens is 729 g/mol. The van der Waals surface area contributed by atoms with Gasteiger partial charge in [-0.25, -0.2) is 38.6 Å². The molecule has 4 unspecified atom stereocenters. The van der Waals surface area contributed by atoms with Crippen molar-refractivity contribution in [2.75, 3.05) is 37.4 Å². The van der Waals surface area contributed by atoms with Crippen LogP contribution in [-0.2, 0) is 66.5 Å². The van der Waals surface area contributed by atoms with Gasteiger partial charge in [-0.3, -0.25) is 24.2 Å². The second kappa shape index (κ2) is 12.4. The maximum atomic E-state index is 16.4. The number of nitrogens with zero attached hydrogens (tertiary/aromatic N) is 7. The van der Waals surface area contributed by atoms with Crippen molar-refractivity contribution in [3.8, 4) is 0 Å². The second-order valence-corrected chi connectivity index (χ2v) is 16.3. The monoisotopic (exact) mass is 755 g/mol. The molecule has 4 aromatic rings. The van der Waals surface area contributed by atoms with E-state index in [2.05, 4.69) is 36.1 Å². The van der Waals surface area contributed by atoms with E-state index < -0.39 is 76.6 Å². The van der Waals surface area contributed by atoms with E-state index in [9.17, 15) is 9.46 Å². The third kappa shape index (κ3) is 5.64. The van der Waals surface area contributed by atoms with Crippen molar-refractivity contribution in [1.29, 1.82) is 0 Å². The number of rotatable bonds is 2. The Morgan fingerprint density at radius 3 is 2.22 bits per heavy atom. The van der Waals surface area contributed by atoms with Crippen molar-refractivity contribution in [2.24, 2.45) is 0 Å². The smallest absolute Gasteiger partial charge is 0.325 e. The Bertz CT molecular complexity index is 1940. The van der Waals surface area contributed by atoms with Crippen molar-refractivity contribution in [3.63, 3.8) is 0 Å². The molecule has 2 radical (unpaired) electrons. The molecule has 264 valence electrons. The van der Waals surface area contributed by atoms with Crippen LogP contribution >= 0.6 is 14.2 Å². The van der Waals surface area contributed by atoms with Gasteiger partial charge in [-0.2, -0.15) is 10.2 Å². The van der Waals surface area contributed by atoms with Crippen LogP contribution in [0.5, 0.6) is 0 Å². The molecule has 0 aromatic carbocycles. The van der Waals surface area contributed by atoms with Crippen LogP contribution in [0, 0.1) is 0 Å². The Morgan fingerprint density at radius 1 is 0.880 bits per heavy atom. The third-order valence-electron chi connectivity index (χ3n) is 8.82. The first kappa shape index (κ1) is 33.1. The molecule has 3 fully saturated rings. The molecule has 9 heterocycles. The molecule has 9 rings (SSSR count). The van der Waals surface area contributed by atoms with Crippen molar-refractivity contribution >= 4 is 67.1 Å². The normalized spacial score (nSPS) is 37.5. The summed E-state index contributed by atoms with van der Waals surface area (Å²) in [6.07, 6.45) is -9.58. The third-order valence-corrected chi connectivity index (χ3v) is 11.4. The summed E-state index contributed by atoms with van der Waals surface area (Å²) in [4.78, 5) is 34.6. The van der Waals surface area contributed by atoms with Crippen LogP contribution in [0.2, 0.25) is 0 Å². The highest BCUT2D eigenvalue weighted by Crippen LogP contribution is 2.54. The molecule has 0 saturated carbocycles. The van der Waals surface area contributed by atoms with E-state index in [0.717, 1.165) is 0 Å². The summed E-state index contributed by atoms with van der Waals surface area (Å²) in [5.74, 6) is 0.331. The zero-order valence-electron chi connectivity index (χ0n) is 25.5. The van der Waals surface area contributed by atoms with Gasteiger partial charge in [0.25, 0.3) is 7.47 Å². The molecule has 0 amide bonds. The number of anilines is 2. The van der Waals surface area contributed by atoms with E-state index in [1.165, 1.54) is 21.9 Å². The number of halogens is 2. The van der Waals surface area contributed by atoms with Gasteiger partial charge in [0.2, 0.25) is 7.57 Å². The lowest BCUT2D eigenvalue weighted by molar-refractivity contribution is -0.0601. The molecule has 25 heteroatoms. The number of aromatic nitrogens is 7. The lowest BCUT2D eigenvalue weighted by atomic mass is 10.1. The molecule has 5 aliphatic rings. The van der Waals surface area contributed by atoms with Gasteiger partial charge in [0.15, 0.2) is 41.9 Å². The fourth-order valence-corrected chi connectivity index (χ4v) is 9.07. The maximum Gasteiger partial charge on any atom is 0.325 e. The van der Waals surface area contributed by atoms with Crippen LogP contribution in [0.25, 0.3) is 22.1 Å². The van der Waals surface area contributed by atoms with E-state index in [-0.39, 0.29) is 24.5 Å². The fraction of sp³-hybridized carbons (Fsp3) is 0.560. The molecule has 5 aliphatic heterocycles. The van der Waals surface area contributed by atoms with Gasteiger partial charge in [0.05, 0.1) is 54.3 Å². The summed E-state index contributed by atoms with van der Waals surface area (Å²) in [5, 5.41) is 10.1. The zero-order chi connectivity index (χ0) is 34.4. The highest BCUT2D eigenvalue weighted by atomic mass is 32.5. The molecule has 10 atom stereocenters. The average molecular weight is 755 g/mol. The Kier molecular flexibility index (Phi) is 8.22. The maximum absolute atomic E-state index is 16.4. The average Bonchev–Trinajstić information content (AvgIpc) is 3.71. The molecule has 0 bridgehead atoms. The number of nitrogens with one attached hydrogen (secondary N) is 2. The molecule has 0 aliphatic carbocycles. The molecular formula is C25H26BF2N9O10P2S. The second-order valence-electron chi connectivity index (χ2n) is 11.9. The predicted octanol–water partition coefficient (Wildman–Crippen LogP) is 1.85. The molecule has 3 saturated heterocycles. The van der Waals surface area contributed by atoms with E-state index >= 15 is 8.78 Å². The van der Waals surface area contributed by atoms with Crippen molar-refractivity contribution in [1.82, 2.24) is 34.5 Å². The number of alkyl halides is 2. The molecule has 50 heavy (non-hydrogen) atoms. The summed E-state index contributed by atoms with van der Waals surface area (Å²) in [6, 6.07) is 1.68. The Hall–Kier alpha value is -2.79. The Morgan fingerprint density at radius 2 is 1.50 bits per heavy atom. The van der Waals surface area contributed by atoms with Crippen LogP contribution in [-0.4, -0.2) is 110 Å². The molecule has 0 spiro atoms. The highest BCUT2D eigenvalue weighted by molar-refractivity contribution is 8.07. The number of pyridine rings is 1. The minimum Gasteiger partial charge on any atom is -0.345 e. The van der Waals surface area contributed by atoms with Gasteiger partial charge in [-0.15, -0.1) is 0 Å². The SMILES string of the molecule is [B]P1(=O)OC[C@H]2O[C@@H](n3nc4c5c(ncnc53)NOCC4)C(F)[C@H]2OP(O)(=S)OC[C@H]2O[C@@H](n3nc4c5c(ccnc53)NOCC4)[C@@H](F)C2O1. The highest BCUT2D eigenvalue weighted by Gasteiger charge is 2.54. The predicted molar refractivity (Wildman–Crippen MR) is 169 cm³/mol. The summed E-state index contributed by atoms with van der Waals surface area (Å²) >= 11 is 5.25. The molecule has 4 aromatic heterocycles. The first-order chi connectivity index (χ1) is 24.1. The molecule has 19 nitrogen and oxygen atoms in total. The molecule has 3 N–H and O–H groups in total. The van der Waals surface area contributed by atoms with Gasteiger partial charge < -0.3 is 27.9 Å². The van der Waals surface area contributed by atoms with Gasteiger partial charge in [-0.05, 0) is 17.9 Å². The minimum atomic E-state index is -4.60. The van der Waals surface area contributed by atoms with E-state index in [1.54, 1.807) is 6.07 Å². The fourth-order valence-electron chi connectivity index (χ4n) is 6.62. The lowest BCUT2D eigenvalue weighted by Gasteiger charge is -2.29. The van der Waals surface area contributed by atoms with Gasteiger partial charge in [0, 0.05) is 19.0 Å². The Labute approximate surface area is 286 Å². The first-order valence-corrected chi connectivity index (χ1v) is 19.6. The summed E-state index contributed by atoms with van der Waals surface area (Å²) in [7, 11) is 1.36.